The van der Waals surface area contributed by atoms with Gasteiger partial charge >= 0.3 is 0 Å². The summed E-state index contributed by atoms with van der Waals surface area (Å²) in [6.07, 6.45) is 0. The Bertz CT molecular complexity index is 1090. The molecule has 0 fully saturated rings. The van der Waals surface area contributed by atoms with Gasteiger partial charge in [-0.3, -0.25) is 19.2 Å². The summed E-state index contributed by atoms with van der Waals surface area (Å²) in [5, 5.41) is 13.2. The molecule has 0 N–H and O–H groups in total. The SMILES string of the molecule is CC.COC=O.COc1ccc(S(=O)N(Cc2cccc([N+](=O)[O-])c2Br)c2ccsc2C)cc1. The van der Waals surface area contributed by atoms with Crippen LogP contribution in [0.2, 0.25) is 0 Å². The lowest BCUT2D eigenvalue weighted by atomic mass is 10.2. The van der Waals surface area contributed by atoms with Crippen molar-refractivity contribution in [1.82, 2.24) is 0 Å². The van der Waals surface area contributed by atoms with Crippen molar-refractivity contribution >= 4 is 56.1 Å². The number of rotatable bonds is 8. The number of halogens is 1. The van der Waals surface area contributed by atoms with Crippen molar-refractivity contribution in [2.24, 2.45) is 0 Å². The number of hydrogen-bond donors (Lipinski definition) is 0. The van der Waals surface area contributed by atoms with E-state index < -0.39 is 15.9 Å². The fourth-order valence-electron chi connectivity index (χ4n) is 2.67. The van der Waals surface area contributed by atoms with Crippen molar-refractivity contribution in [3.8, 4) is 5.75 Å². The molecule has 0 saturated carbocycles. The third kappa shape index (κ3) is 7.93. The summed E-state index contributed by atoms with van der Waals surface area (Å²) in [6.45, 7) is 6.58. The van der Waals surface area contributed by atoms with Gasteiger partial charge in [0.25, 0.3) is 12.2 Å². The van der Waals surface area contributed by atoms with E-state index in [-0.39, 0.29) is 12.2 Å². The van der Waals surface area contributed by atoms with Crippen LogP contribution < -0.4 is 9.04 Å². The molecule has 0 aliphatic carbocycles. The Labute approximate surface area is 214 Å². The number of nitrogens with zero attached hydrogens (tertiary/aromatic N) is 2. The summed E-state index contributed by atoms with van der Waals surface area (Å²) in [4.78, 5) is 21.4. The summed E-state index contributed by atoms with van der Waals surface area (Å²) in [6, 6.07) is 13.8. The van der Waals surface area contributed by atoms with Crippen molar-refractivity contribution in [3.05, 3.63) is 78.9 Å². The maximum Gasteiger partial charge on any atom is 0.292 e. The van der Waals surface area contributed by atoms with Crippen LogP contribution in [0, 0.1) is 17.0 Å². The number of nitro benzene ring substituents is 1. The molecule has 0 aliphatic heterocycles. The summed E-state index contributed by atoms with van der Waals surface area (Å²) >= 11 is 4.89. The van der Waals surface area contributed by atoms with E-state index in [1.165, 1.54) is 13.2 Å². The van der Waals surface area contributed by atoms with Gasteiger partial charge in [0.2, 0.25) is 0 Å². The Balaban J connectivity index is 0.000000872. The Hall–Kier alpha value is -2.76. The maximum absolute atomic E-state index is 13.4. The molecule has 1 heterocycles. The fraction of sp³-hybridized carbons (Fsp3) is 0.261. The Morgan fingerprint density at radius 1 is 1.15 bits per heavy atom. The van der Waals surface area contributed by atoms with Gasteiger partial charge in [0.15, 0.2) is 11.0 Å². The zero-order valence-electron chi connectivity index (χ0n) is 19.5. The fourth-order valence-corrected chi connectivity index (χ4v) is 5.22. The van der Waals surface area contributed by atoms with Gasteiger partial charge < -0.3 is 9.47 Å². The molecule has 0 spiro atoms. The molecule has 2 aromatic carbocycles. The number of thiophene rings is 1. The number of hydrogen-bond acceptors (Lipinski definition) is 7. The average Bonchev–Trinajstić information content (AvgIpc) is 3.29. The summed E-state index contributed by atoms with van der Waals surface area (Å²) in [5.41, 5.74) is 1.49. The van der Waals surface area contributed by atoms with Gasteiger partial charge in [-0.1, -0.05) is 26.0 Å². The van der Waals surface area contributed by atoms with Crippen molar-refractivity contribution in [2.45, 2.75) is 32.2 Å². The minimum Gasteiger partial charge on any atom is -0.497 e. The minimum absolute atomic E-state index is 0.0188. The van der Waals surface area contributed by atoms with Crippen LogP contribution in [0.4, 0.5) is 11.4 Å². The van der Waals surface area contributed by atoms with Crippen molar-refractivity contribution in [2.75, 3.05) is 18.5 Å². The minimum atomic E-state index is -1.50. The lowest BCUT2D eigenvalue weighted by Crippen LogP contribution is -2.25. The molecule has 0 saturated heterocycles. The third-order valence-corrected chi connectivity index (χ3v) is 7.38. The zero-order valence-corrected chi connectivity index (χ0v) is 22.7. The highest BCUT2D eigenvalue weighted by atomic mass is 79.9. The molecule has 1 atom stereocenters. The molecule has 184 valence electrons. The first-order valence-electron chi connectivity index (χ1n) is 10.1. The first-order valence-corrected chi connectivity index (χ1v) is 12.9. The number of ether oxygens (including phenoxy) is 2. The van der Waals surface area contributed by atoms with Crippen LogP contribution in [-0.4, -0.2) is 29.8 Å². The third-order valence-electron chi connectivity index (χ3n) is 4.23. The predicted octanol–water partition coefficient (Wildman–Crippen LogP) is 6.28. The smallest absolute Gasteiger partial charge is 0.292 e. The van der Waals surface area contributed by atoms with Crippen molar-refractivity contribution in [3.63, 3.8) is 0 Å². The van der Waals surface area contributed by atoms with Gasteiger partial charge in [-0.2, -0.15) is 0 Å². The first kappa shape index (κ1) is 29.3. The maximum atomic E-state index is 13.4. The monoisotopic (exact) mass is 570 g/mol. The second-order valence-corrected chi connectivity index (χ2v) is 9.49. The van der Waals surface area contributed by atoms with E-state index in [9.17, 15) is 14.3 Å². The lowest BCUT2D eigenvalue weighted by Gasteiger charge is -2.24. The summed E-state index contributed by atoms with van der Waals surface area (Å²) < 4.78 is 24.5. The van der Waals surface area contributed by atoms with Crippen LogP contribution in [0.5, 0.6) is 5.75 Å². The van der Waals surface area contributed by atoms with Crippen LogP contribution in [-0.2, 0) is 27.1 Å². The number of benzene rings is 2. The second-order valence-electron chi connectivity index (χ2n) is 6.16. The van der Waals surface area contributed by atoms with E-state index in [2.05, 4.69) is 20.7 Å². The van der Waals surface area contributed by atoms with Crippen LogP contribution in [0.3, 0.4) is 0 Å². The zero-order chi connectivity index (χ0) is 25.7. The van der Waals surface area contributed by atoms with E-state index in [1.807, 2.05) is 32.2 Å². The molecule has 11 heteroatoms. The van der Waals surface area contributed by atoms with Gasteiger partial charge in [-0.15, -0.1) is 11.3 Å². The molecule has 8 nitrogen and oxygen atoms in total. The molecule has 34 heavy (non-hydrogen) atoms. The molecule has 1 unspecified atom stereocenters. The van der Waals surface area contributed by atoms with Crippen LogP contribution >= 0.6 is 27.3 Å². The molecular weight excluding hydrogens is 544 g/mol. The van der Waals surface area contributed by atoms with Crippen molar-refractivity contribution < 1.29 is 23.4 Å². The standard InChI is InChI=1S/C19H17BrN2O4S2.C2H4O2.C2H6/c1-13-17(10-11-27-13)21(28(25)16-8-6-15(26-2)7-9-16)12-14-4-3-5-18(19(14)20)22(23)24;1-4-2-3;1-2/h3-11H,12H2,1-2H3;2H,1H3;1-2H3. The van der Waals surface area contributed by atoms with Crippen LogP contribution in [0.15, 0.2) is 63.3 Å². The van der Waals surface area contributed by atoms with E-state index >= 15 is 0 Å². The predicted molar refractivity (Wildman–Crippen MR) is 140 cm³/mol. The number of carbonyl (C=O) groups excluding carboxylic acids is 1. The van der Waals surface area contributed by atoms with Crippen LogP contribution in [0.25, 0.3) is 0 Å². The molecule has 0 amide bonds. The normalized spacial score (nSPS) is 10.5. The molecular formula is C23H27BrN2O6S2. The van der Waals surface area contributed by atoms with Crippen LogP contribution in [0.1, 0.15) is 24.3 Å². The first-order chi connectivity index (χ1) is 16.3. The largest absolute Gasteiger partial charge is 0.497 e. The van der Waals surface area contributed by atoms with Gasteiger partial charge in [-0.25, -0.2) is 4.21 Å². The Kier molecular flexibility index (Phi) is 13.1. The Morgan fingerprint density at radius 3 is 2.24 bits per heavy atom. The van der Waals surface area contributed by atoms with Gasteiger partial charge in [0, 0.05) is 10.9 Å². The number of methoxy groups -OCH3 is 2. The molecule has 0 aliphatic rings. The molecule has 0 bridgehead atoms. The quantitative estimate of drug-likeness (QED) is 0.179. The summed E-state index contributed by atoms with van der Waals surface area (Å²) in [7, 11) is 1.39. The number of aryl methyl sites for hydroxylation is 1. The van der Waals surface area contributed by atoms with E-state index in [4.69, 9.17) is 9.53 Å². The van der Waals surface area contributed by atoms with Gasteiger partial charge in [0.05, 0.1) is 36.3 Å². The number of nitro groups is 1. The summed E-state index contributed by atoms with van der Waals surface area (Å²) in [5.74, 6) is 0.681. The number of anilines is 1. The molecule has 1 aromatic heterocycles. The highest BCUT2D eigenvalue weighted by Crippen LogP contribution is 2.34. The molecule has 3 rings (SSSR count). The van der Waals surface area contributed by atoms with Gasteiger partial charge in [-0.05, 0) is 64.1 Å². The Morgan fingerprint density at radius 2 is 1.76 bits per heavy atom. The molecule has 0 radical (unpaired) electrons. The second kappa shape index (κ2) is 15.2. The van der Waals surface area contributed by atoms with Gasteiger partial charge in [0.1, 0.15) is 10.2 Å². The average molecular weight is 572 g/mol. The number of carbonyl (C=O) groups is 1. The highest BCUT2D eigenvalue weighted by Gasteiger charge is 2.23. The molecule has 3 aromatic rings. The highest BCUT2D eigenvalue weighted by molar-refractivity contribution is 9.10. The lowest BCUT2D eigenvalue weighted by molar-refractivity contribution is -0.385. The van der Waals surface area contributed by atoms with E-state index in [0.717, 1.165) is 10.6 Å². The van der Waals surface area contributed by atoms with E-state index in [1.54, 1.807) is 59.2 Å². The topological polar surface area (TPSA) is 99.0 Å². The van der Waals surface area contributed by atoms with Crippen molar-refractivity contribution in [1.29, 1.82) is 0 Å². The van der Waals surface area contributed by atoms with E-state index in [0.29, 0.717) is 27.2 Å².